The molecule has 5 heteroatoms. The molecule has 1 rings (SSSR count). The molecule has 0 fully saturated rings. The molecule has 0 heterocycles. The summed E-state index contributed by atoms with van der Waals surface area (Å²) in [5.41, 5.74) is 1.15. The first kappa shape index (κ1) is 17.2. The third-order valence-corrected chi connectivity index (χ3v) is 3.24. The summed E-state index contributed by atoms with van der Waals surface area (Å²) >= 11 is 0. The monoisotopic (exact) mass is 293 g/mol. The standard InChI is InChI=1S/C16H23NO4/c1-12(2)6-8-17(9-7-15(18)19)11-13-4-3-5-14(10-13)16(20)21/h3-5,10,12H,6-9,11H2,1-2H3,(H,18,19)(H,20,21). The fourth-order valence-electron chi connectivity index (χ4n) is 2.03. The average molecular weight is 293 g/mol. The van der Waals surface area contributed by atoms with E-state index in [1.54, 1.807) is 18.2 Å². The Morgan fingerprint density at radius 1 is 1.19 bits per heavy atom. The van der Waals surface area contributed by atoms with Crippen LogP contribution in [0.2, 0.25) is 0 Å². The maximum absolute atomic E-state index is 11.0. The maximum Gasteiger partial charge on any atom is 0.335 e. The summed E-state index contributed by atoms with van der Waals surface area (Å²) in [6, 6.07) is 6.79. The number of nitrogens with zero attached hydrogens (tertiary/aromatic N) is 1. The SMILES string of the molecule is CC(C)CCN(CCC(=O)O)Cc1cccc(C(=O)O)c1. The minimum absolute atomic E-state index is 0.0940. The molecule has 0 aliphatic rings. The van der Waals surface area contributed by atoms with Crippen molar-refractivity contribution in [2.45, 2.75) is 33.2 Å². The van der Waals surface area contributed by atoms with E-state index in [1.165, 1.54) is 0 Å². The second kappa shape index (κ2) is 8.42. The van der Waals surface area contributed by atoms with Gasteiger partial charge in [0.1, 0.15) is 0 Å². The number of rotatable bonds is 9. The molecule has 21 heavy (non-hydrogen) atoms. The van der Waals surface area contributed by atoms with Gasteiger partial charge in [-0.05, 0) is 36.6 Å². The molecule has 0 bridgehead atoms. The van der Waals surface area contributed by atoms with Crippen LogP contribution in [0, 0.1) is 5.92 Å². The van der Waals surface area contributed by atoms with E-state index in [0.29, 0.717) is 19.0 Å². The van der Waals surface area contributed by atoms with Crippen LogP contribution < -0.4 is 0 Å². The highest BCUT2D eigenvalue weighted by molar-refractivity contribution is 5.87. The van der Waals surface area contributed by atoms with Crippen molar-refractivity contribution in [3.63, 3.8) is 0 Å². The molecule has 0 saturated heterocycles. The van der Waals surface area contributed by atoms with Gasteiger partial charge >= 0.3 is 11.9 Å². The van der Waals surface area contributed by atoms with Crippen molar-refractivity contribution in [2.24, 2.45) is 5.92 Å². The van der Waals surface area contributed by atoms with Crippen LogP contribution in [0.4, 0.5) is 0 Å². The Morgan fingerprint density at radius 2 is 1.90 bits per heavy atom. The first-order chi connectivity index (χ1) is 9.88. The molecule has 1 aromatic rings. The minimum atomic E-state index is -0.948. The minimum Gasteiger partial charge on any atom is -0.481 e. The van der Waals surface area contributed by atoms with Crippen molar-refractivity contribution in [1.82, 2.24) is 4.90 Å². The third kappa shape index (κ3) is 6.90. The molecule has 0 unspecified atom stereocenters. The quantitative estimate of drug-likeness (QED) is 0.732. The van der Waals surface area contributed by atoms with Gasteiger partial charge in [-0.15, -0.1) is 0 Å². The molecule has 0 radical (unpaired) electrons. The molecular weight excluding hydrogens is 270 g/mol. The topological polar surface area (TPSA) is 77.8 Å². The lowest BCUT2D eigenvalue weighted by atomic mass is 10.1. The number of hydrogen-bond donors (Lipinski definition) is 2. The van der Waals surface area contributed by atoms with E-state index in [-0.39, 0.29) is 12.0 Å². The Labute approximate surface area is 125 Å². The molecule has 0 amide bonds. The average Bonchev–Trinajstić information content (AvgIpc) is 2.41. The lowest BCUT2D eigenvalue weighted by Crippen LogP contribution is -2.28. The fourth-order valence-corrected chi connectivity index (χ4v) is 2.03. The van der Waals surface area contributed by atoms with E-state index in [9.17, 15) is 9.59 Å². The van der Waals surface area contributed by atoms with Crippen LogP contribution in [-0.4, -0.2) is 40.1 Å². The van der Waals surface area contributed by atoms with Crippen molar-refractivity contribution < 1.29 is 19.8 Å². The van der Waals surface area contributed by atoms with Crippen molar-refractivity contribution in [3.8, 4) is 0 Å². The van der Waals surface area contributed by atoms with Crippen LogP contribution in [0.5, 0.6) is 0 Å². The van der Waals surface area contributed by atoms with E-state index in [0.717, 1.165) is 18.5 Å². The first-order valence-corrected chi connectivity index (χ1v) is 7.15. The van der Waals surface area contributed by atoms with Crippen molar-refractivity contribution in [3.05, 3.63) is 35.4 Å². The van der Waals surface area contributed by atoms with Crippen LogP contribution in [0.3, 0.4) is 0 Å². The molecule has 5 nitrogen and oxygen atoms in total. The number of carbonyl (C=O) groups is 2. The Hall–Kier alpha value is -1.88. The fraction of sp³-hybridized carbons (Fsp3) is 0.500. The Kier molecular flexibility index (Phi) is 6.88. The highest BCUT2D eigenvalue weighted by atomic mass is 16.4. The molecule has 2 N–H and O–H groups in total. The number of aliphatic carboxylic acids is 1. The van der Waals surface area contributed by atoms with Gasteiger partial charge in [-0.3, -0.25) is 9.69 Å². The number of benzene rings is 1. The summed E-state index contributed by atoms with van der Waals surface area (Å²) in [5, 5.41) is 17.8. The second-order valence-electron chi connectivity index (χ2n) is 5.61. The van der Waals surface area contributed by atoms with E-state index in [4.69, 9.17) is 10.2 Å². The number of carboxylic acid groups (broad SMARTS) is 2. The highest BCUT2D eigenvalue weighted by Crippen LogP contribution is 2.11. The van der Waals surface area contributed by atoms with Crippen LogP contribution in [0.1, 0.15) is 42.6 Å². The Bertz CT molecular complexity index is 485. The zero-order chi connectivity index (χ0) is 15.8. The number of hydrogen-bond acceptors (Lipinski definition) is 3. The Balaban J connectivity index is 2.71. The van der Waals surface area contributed by atoms with Gasteiger partial charge in [-0.25, -0.2) is 4.79 Å². The zero-order valence-corrected chi connectivity index (χ0v) is 12.6. The highest BCUT2D eigenvalue weighted by Gasteiger charge is 2.11. The van der Waals surface area contributed by atoms with Crippen LogP contribution in [0.15, 0.2) is 24.3 Å². The molecule has 0 atom stereocenters. The van der Waals surface area contributed by atoms with Gasteiger partial charge in [-0.2, -0.15) is 0 Å². The van der Waals surface area contributed by atoms with E-state index >= 15 is 0 Å². The Morgan fingerprint density at radius 3 is 2.48 bits per heavy atom. The summed E-state index contributed by atoms with van der Waals surface area (Å²) < 4.78 is 0. The largest absolute Gasteiger partial charge is 0.481 e. The van der Waals surface area contributed by atoms with Crippen LogP contribution >= 0.6 is 0 Å². The summed E-state index contributed by atoms with van der Waals surface area (Å²) in [6.07, 6.45) is 1.08. The van der Waals surface area contributed by atoms with Crippen LogP contribution in [-0.2, 0) is 11.3 Å². The number of carboxylic acids is 2. The van der Waals surface area contributed by atoms with Gasteiger partial charge in [0.15, 0.2) is 0 Å². The van der Waals surface area contributed by atoms with Gasteiger partial charge in [-0.1, -0.05) is 26.0 Å². The van der Waals surface area contributed by atoms with Gasteiger partial charge in [0.25, 0.3) is 0 Å². The van der Waals surface area contributed by atoms with Gasteiger partial charge in [0, 0.05) is 13.1 Å². The molecule has 0 aliphatic heterocycles. The molecule has 0 saturated carbocycles. The molecule has 0 aliphatic carbocycles. The van der Waals surface area contributed by atoms with E-state index < -0.39 is 11.9 Å². The van der Waals surface area contributed by atoms with Crippen molar-refractivity contribution >= 4 is 11.9 Å². The van der Waals surface area contributed by atoms with Gasteiger partial charge in [0.05, 0.1) is 12.0 Å². The molecule has 0 aromatic heterocycles. The first-order valence-electron chi connectivity index (χ1n) is 7.15. The normalized spacial score (nSPS) is 11.0. The van der Waals surface area contributed by atoms with Crippen molar-refractivity contribution in [2.75, 3.05) is 13.1 Å². The molecule has 0 spiro atoms. The summed E-state index contributed by atoms with van der Waals surface area (Å²) in [4.78, 5) is 23.8. The van der Waals surface area contributed by atoms with Crippen molar-refractivity contribution in [1.29, 1.82) is 0 Å². The molecule has 116 valence electrons. The lowest BCUT2D eigenvalue weighted by Gasteiger charge is -2.22. The van der Waals surface area contributed by atoms with Gasteiger partial charge in [0.2, 0.25) is 0 Å². The zero-order valence-electron chi connectivity index (χ0n) is 12.6. The number of aromatic carboxylic acids is 1. The van der Waals surface area contributed by atoms with Crippen LogP contribution in [0.25, 0.3) is 0 Å². The summed E-state index contributed by atoms with van der Waals surface area (Å²) in [5.74, 6) is -1.22. The van der Waals surface area contributed by atoms with E-state index in [2.05, 4.69) is 18.7 Å². The van der Waals surface area contributed by atoms with E-state index in [1.807, 2.05) is 6.07 Å². The summed E-state index contributed by atoms with van der Waals surface area (Å²) in [7, 11) is 0. The molecular formula is C16H23NO4. The smallest absolute Gasteiger partial charge is 0.335 e. The summed E-state index contributed by atoms with van der Waals surface area (Å²) in [6.45, 7) is 6.10. The predicted octanol–water partition coefficient (Wildman–Crippen LogP) is 2.71. The predicted molar refractivity (Wildman–Crippen MR) is 80.4 cm³/mol. The maximum atomic E-state index is 11.0. The second-order valence-corrected chi connectivity index (χ2v) is 5.61. The third-order valence-electron chi connectivity index (χ3n) is 3.24. The lowest BCUT2D eigenvalue weighted by molar-refractivity contribution is -0.137. The molecule has 1 aromatic carbocycles. The van der Waals surface area contributed by atoms with Gasteiger partial charge < -0.3 is 10.2 Å².